The highest BCUT2D eigenvalue weighted by molar-refractivity contribution is 5.87. The number of carbonyl (C=O) groups is 2. The number of carbonyl (C=O) groups excluding carboxylic acids is 2. The molecule has 4 nitrogen and oxygen atoms in total. The molecule has 0 fully saturated rings. The van der Waals surface area contributed by atoms with Crippen molar-refractivity contribution in [3.63, 3.8) is 0 Å². The molecule has 0 amide bonds. The lowest BCUT2D eigenvalue weighted by molar-refractivity contribution is -0.597. The smallest absolute Gasteiger partial charge is 0.357 e. The van der Waals surface area contributed by atoms with Gasteiger partial charge in [0, 0.05) is 0 Å². The zero-order chi connectivity index (χ0) is 24.4. The van der Waals surface area contributed by atoms with Crippen molar-refractivity contribution in [1.82, 2.24) is 0 Å². The number of rotatable bonds is 6. The lowest BCUT2D eigenvalue weighted by Crippen LogP contribution is -3.61. The third-order valence-electron chi connectivity index (χ3n) is 3.72. The quantitative estimate of drug-likeness (QED) is 0.158. The summed E-state index contributed by atoms with van der Waals surface area (Å²) in [6.45, 7) is 0. The lowest BCUT2D eigenvalue weighted by atomic mass is 10.4. The Labute approximate surface area is 220 Å². The molecule has 0 aromatic heterocycles. The standard InChI is InChI=1S/2C12H10I.C4H4O4/c2*1-3-7-11(8-4-1)13-12-9-5-2-6-10-12;5-3(6)1-2-4(7)8/h2*1-10H;1-2H,(H,5,6)(H,7,8)/q2*+1;/p-2/b;;2-1+. The van der Waals surface area contributed by atoms with Gasteiger partial charge in [-0.2, -0.15) is 0 Å². The summed E-state index contributed by atoms with van der Waals surface area (Å²) in [7, 11) is 0. The molecule has 0 saturated carbocycles. The highest BCUT2D eigenvalue weighted by Gasteiger charge is 2.13. The van der Waals surface area contributed by atoms with Crippen LogP contribution in [0.3, 0.4) is 0 Å². The fourth-order valence-electron chi connectivity index (χ4n) is 2.30. The van der Waals surface area contributed by atoms with Gasteiger partial charge in [-0.3, -0.25) is 0 Å². The van der Waals surface area contributed by atoms with Crippen LogP contribution in [0, 0.1) is 14.3 Å². The van der Waals surface area contributed by atoms with E-state index in [0.717, 1.165) is 0 Å². The van der Waals surface area contributed by atoms with Crippen LogP contribution in [0.4, 0.5) is 0 Å². The van der Waals surface area contributed by atoms with Crippen LogP contribution in [0.5, 0.6) is 0 Å². The van der Waals surface area contributed by atoms with Gasteiger partial charge in [0.25, 0.3) is 0 Å². The van der Waals surface area contributed by atoms with Crippen LogP contribution in [0.2, 0.25) is 0 Å². The van der Waals surface area contributed by atoms with Crippen molar-refractivity contribution in [3.05, 3.63) is 148 Å². The van der Waals surface area contributed by atoms with Gasteiger partial charge in [0.1, 0.15) is 0 Å². The van der Waals surface area contributed by atoms with Gasteiger partial charge in [-0.1, -0.05) is 72.8 Å². The minimum Gasteiger partial charge on any atom is -0.545 e. The maximum absolute atomic E-state index is 9.41. The third-order valence-corrected chi connectivity index (χ3v) is 9.09. The van der Waals surface area contributed by atoms with Crippen molar-refractivity contribution in [1.29, 1.82) is 0 Å². The Balaban J connectivity index is 0.000000187. The first-order valence-corrected chi connectivity index (χ1v) is 14.4. The predicted molar refractivity (Wildman–Crippen MR) is 120 cm³/mol. The number of halogens is 2. The molecule has 4 rings (SSSR count). The van der Waals surface area contributed by atoms with Gasteiger partial charge in [-0.05, 0) is 60.7 Å². The van der Waals surface area contributed by atoms with Crippen molar-refractivity contribution in [2.24, 2.45) is 0 Å². The minimum atomic E-state index is -1.55. The summed E-state index contributed by atoms with van der Waals surface area (Å²) in [5.41, 5.74) is 0. The largest absolute Gasteiger partial charge is 0.545 e. The van der Waals surface area contributed by atoms with Crippen LogP contribution in [-0.4, -0.2) is 11.9 Å². The topological polar surface area (TPSA) is 80.3 Å². The summed E-state index contributed by atoms with van der Waals surface area (Å²) in [6, 6.07) is 42.8. The van der Waals surface area contributed by atoms with E-state index in [0.29, 0.717) is 12.2 Å². The number of hydrogen-bond acceptors (Lipinski definition) is 4. The fraction of sp³-hybridized carbons (Fsp3) is 0. The molecule has 0 aliphatic rings. The van der Waals surface area contributed by atoms with Crippen molar-refractivity contribution in [2.75, 3.05) is 0 Å². The van der Waals surface area contributed by atoms with E-state index in [-0.39, 0.29) is 42.4 Å². The molecule has 0 aliphatic carbocycles. The Bertz CT molecular complexity index is 966. The third kappa shape index (κ3) is 12.9. The van der Waals surface area contributed by atoms with Crippen LogP contribution in [0.1, 0.15) is 0 Å². The summed E-state index contributed by atoms with van der Waals surface area (Å²) in [5, 5.41) is 18.8. The molecule has 0 bridgehead atoms. The minimum absolute atomic E-state index is 0.0287. The average Bonchev–Trinajstić information content (AvgIpc) is 2.86. The highest BCUT2D eigenvalue weighted by atomic mass is 127. The normalized spacial score (nSPS) is 9.76. The van der Waals surface area contributed by atoms with Crippen molar-refractivity contribution < 1.29 is 62.2 Å². The van der Waals surface area contributed by atoms with Crippen molar-refractivity contribution in [2.45, 2.75) is 0 Å². The molecule has 6 heteroatoms. The van der Waals surface area contributed by atoms with E-state index in [9.17, 15) is 19.8 Å². The molecule has 0 N–H and O–H groups in total. The van der Waals surface area contributed by atoms with Crippen molar-refractivity contribution >= 4 is 11.9 Å². The molecule has 0 aliphatic heterocycles. The van der Waals surface area contributed by atoms with Crippen LogP contribution < -0.4 is 52.6 Å². The zero-order valence-electron chi connectivity index (χ0n) is 18.1. The Hall–Kier alpha value is -2.98. The van der Waals surface area contributed by atoms with E-state index < -0.39 is 11.9 Å². The molecule has 0 saturated heterocycles. The molecule has 0 spiro atoms. The summed E-state index contributed by atoms with van der Waals surface area (Å²) in [4.78, 5) is 18.8. The van der Waals surface area contributed by atoms with Crippen molar-refractivity contribution in [3.8, 4) is 0 Å². The van der Waals surface area contributed by atoms with Crippen LogP contribution in [0.15, 0.2) is 133 Å². The SMILES string of the molecule is O=C([O-])/C=C/C(=O)[O-].c1ccc([I+]c2ccccc2)cc1.c1ccc([I+]c2ccccc2)cc1. The second kappa shape index (κ2) is 16.6. The summed E-state index contributed by atoms with van der Waals surface area (Å²) in [5.74, 6) is -3.09. The monoisotopic (exact) mass is 676 g/mol. The molecule has 0 radical (unpaired) electrons. The highest BCUT2D eigenvalue weighted by Crippen LogP contribution is 1.86. The molecule has 172 valence electrons. The van der Waals surface area contributed by atoms with E-state index in [1.807, 2.05) is 0 Å². The lowest BCUT2D eigenvalue weighted by Gasteiger charge is -1.90. The first-order valence-electron chi connectivity index (χ1n) is 10.1. The molecular formula is C28H22I2O4. The average molecular weight is 676 g/mol. The van der Waals surface area contributed by atoms with Gasteiger partial charge in [0.05, 0.1) is 11.9 Å². The fourth-order valence-corrected chi connectivity index (χ4v) is 6.84. The van der Waals surface area contributed by atoms with Gasteiger partial charge in [0.15, 0.2) is 14.3 Å². The first kappa shape index (κ1) is 27.3. The Kier molecular flexibility index (Phi) is 13.3. The first-order chi connectivity index (χ1) is 16.5. The summed E-state index contributed by atoms with van der Waals surface area (Å²) < 4.78 is 5.92. The second-order valence-electron chi connectivity index (χ2n) is 6.34. The number of benzene rings is 4. The summed E-state index contributed by atoms with van der Waals surface area (Å²) >= 11 is 0.0574. The molecule has 0 atom stereocenters. The molecule has 4 aromatic carbocycles. The molecule has 4 aromatic rings. The maximum Gasteiger partial charge on any atom is 0.357 e. The van der Waals surface area contributed by atoms with Crippen LogP contribution in [-0.2, 0) is 9.59 Å². The number of carboxylic acid groups (broad SMARTS) is 2. The van der Waals surface area contributed by atoms with E-state index >= 15 is 0 Å². The van der Waals surface area contributed by atoms with Crippen LogP contribution >= 0.6 is 0 Å². The maximum atomic E-state index is 9.41. The molecule has 0 unspecified atom stereocenters. The number of hydrogen-bond donors (Lipinski definition) is 0. The van der Waals surface area contributed by atoms with Gasteiger partial charge in [-0.25, -0.2) is 0 Å². The Morgan fingerprint density at radius 3 is 0.824 bits per heavy atom. The Morgan fingerprint density at radius 2 is 0.647 bits per heavy atom. The predicted octanol–water partition coefficient (Wildman–Crippen LogP) is -3.33. The van der Waals surface area contributed by atoms with Gasteiger partial charge >= 0.3 is 42.4 Å². The van der Waals surface area contributed by atoms with Gasteiger partial charge in [-0.15, -0.1) is 0 Å². The number of carboxylic acids is 2. The molecule has 34 heavy (non-hydrogen) atoms. The molecular weight excluding hydrogens is 654 g/mol. The van der Waals surface area contributed by atoms with Gasteiger partial charge in [0.2, 0.25) is 0 Å². The number of aliphatic carboxylic acids is 2. The Morgan fingerprint density at radius 1 is 0.441 bits per heavy atom. The van der Waals surface area contributed by atoms with E-state index in [1.54, 1.807) is 0 Å². The summed E-state index contributed by atoms with van der Waals surface area (Å²) in [6.07, 6.45) is 0.769. The zero-order valence-corrected chi connectivity index (χ0v) is 22.4. The van der Waals surface area contributed by atoms with E-state index in [2.05, 4.69) is 121 Å². The van der Waals surface area contributed by atoms with Crippen LogP contribution in [0.25, 0.3) is 0 Å². The molecule has 0 heterocycles. The van der Waals surface area contributed by atoms with E-state index in [1.165, 1.54) is 14.3 Å². The van der Waals surface area contributed by atoms with Gasteiger partial charge < -0.3 is 19.8 Å². The second-order valence-corrected chi connectivity index (χ2v) is 12.4. The van der Waals surface area contributed by atoms with E-state index in [4.69, 9.17) is 0 Å².